The molecular formula is C20H27N5O2. The fourth-order valence-corrected chi connectivity index (χ4v) is 3.25. The van der Waals surface area contributed by atoms with Gasteiger partial charge in [0.1, 0.15) is 0 Å². The first-order chi connectivity index (χ1) is 13.0. The third-order valence-electron chi connectivity index (χ3n) is 5.04. The Morgan fingerprint density at radius 2 is 1.89 bits per heavy atom. The number of carbonyl (C=O) groups excluding carboxylic acids is 2. The van der Waals surface area contributed by atoms with Crippen LogP contribution in [0.3, 0.4) is 0 Å². The van der Waals surface area contributed by atoms with Crippen LogP contribution in [0.4, 0.5) is 10.5 Å². The standard InChI is InChI=1S/C20H27N5O2/c1-15-17(14-22-24(15)2)13-21-20(27)23-18-9-7-8-16(12-18)19(26)25-10-5-3-4-6-11-25/h7-9,12,14H,3-6,10-11,13H2,1-2H3,(H2,21,23,27). The summed E-state index contributed by atoms with van der Waals surface area (Å²) >= 11 is 0. The third-order valence-corrected chi connectivity index (χ3v) is 5.04. The van der Waals surface area contributed by atoms with Crippen molar-refractivity contribution in [3.63, 3.8) is 0 Å². The molecule has 1 saturated heterocycles. The van der Waals surface area contributed by atoms with Gasteiger partial charge < -0.3 is 15.5 Å². The van der Waals surface area contributed by atoms with Crippen molar-refractivity contribution in [1.82, 2.24) is 20.0 Å². The molecule has 0 unspecified atom stereocenters. The van der Waals surface area contributed by atoms with Crippen LogP contribution in [0.5, 0.6) is 0 Å². The van der Waals surface area contributed by atoms with E-state index in [9.17, 15) is 9.59 Å². The molecule has 0 atom stereocenters. The molecule has 1 aromatic heterocycles. The molecule has 2 N–H and O–H groups in total. The molecule has 0 spiro atoms. The van der Waals surface area contributed by atoms with Crippen molar-refractivity contribution >= 4 is 17.6 Å². The van der Waals surface area contributed by atoms with Crippen LogP contribution in [-0.4, -0.2) is 39.7 Å². The number of benzene rings is 1. The zero-order valence-electron chi connectivity index (χ0n) is 16.0. The number of amides is 3. The Labute approximate surface area is 159 Å². The van der Waals surface area contributed by atoms with Crippen LogP contribution in [0.1, 0.15) is 47.3 Å². The number of nitrogens with zero attached hydrogens (tertiary/aromatic N) is 3. The number of aromatic nitrogens is 2. The van der Waals surface area contributed by atoms with E-state index in [1.54, 1.807) is 35.1 Å². The summed E-state index contributed by atoms with van der Waals surface area (Å²) in [6.07, 6.45) is 6.22. The third kappa shape index (κ3) is 4.87. The normalized spacial score (nSPS) is 14.5. The number of hydrogen-bond donors (Lipinski definition) is 2. The summed E-state index contributed by atoms with van der Waals surface area (Å²) in [6, 6.07) is 6.81. The maximum absolute atomic E-state index is 12.7. The molecule has 1 aliphatic heterocycles. The highest BCUT2D eigenvalue weighted by molar-refractivity contribution is 5.96. The van der Waals surface area contributed by atoms with E-state index >= 15 is 0 Å². The average Bonchev–Trinajstić information content (AvgIpc) is 2.87. The summed E-state index contributed by atoms with van der Waals surface area (Å²) in [5.41, 5.74) is 3.20. The number of carbonyl (C=O) groups is 2. The predicted octanol–water partition coefficient (Wildman–Crippen LogP) is 3.07. The smallest absolute Gasteiger partial charge is 0.319 e. The lowest BCUT2D eigenvalue weighted by atomic mass is 10.1. The quantitative estimate of drug-likeness (QED) is 0.869. The molecule has 0 radical (unpaired) electrons. The second-order valence-electron chi connectivity index (χ2n) is 6.97. The highest BCUT2D eigenvalue weighted by Crippen LogP contribution is 2.16. The highest BCUT2D eigenvalue weighted by atomic mass is 16.2. The van der Waals surface area contributed by atoms with Crippen molar-refractivity contribution in [3.05, 3.63) is 47.3 Å². The molecule has 1 fully saturated rings. The van der Waals surface area contributed by atoms with Gasteiger partial charge in [0.2, 0.25) is 0 Å². The topological polar surface area (TPSA) is 79.3 Å². The van der Waals surface area contributed by atoms with Gasteiger partial charge in [-0.2, -0.15) is 5.10 Å². The molecule has 3 amide bonds. The Hall–Kier alpha value is -2.83. The van der Waals surface area contributed by atoms with Crippen LogP contribution in [-0.2, 0) is 13.6 Å². The Bertz CT molecular complexity index is 806. The molecular weight excluding hydrogens is 342 g/mol. The largest absolute Gasteiger partial charge is 0.339 e. The van der Waals surface area contributed by atoms with E-state index in [0.29, 0.717) is 17.8 Å². The Balaban J connectivity index is 1.58. The van der Waals surface area contributed by atoms with E-state index in [-0.39, 0.29) is 11.9 Å². The average molecular weight is 369 g/mol. The monoisotopic (exact) mass is 369 g/mol. The van der Waals surface area contributed by atoms with E-state index in [0.717, 1.165) is 37.2 Å². The predicted molar refractivity (Wildman–Crippen MR) is 105 cm³/mol. The summed E-state index contributed by atoms with van der Waals surface area (Å²) < 4.78 is 1.77. The Kier molecular flexibility index (Phi) is 6.11. The zero-order valence-corrected chi connectivity index (χ0v) is 16.0. The van der Waals surface area contributed by atoms with Crippen molar-refractivity contribution in [2.45, 2.75) is 39.2 Å². The Morgan fingerprint density at radius 1 is 1.15 bits per heavy atom. The molecule has 7 heteroatoms. The van der Waals surface area contributed by atoms with Crippen molar-refractivity contribution in [2.24, 2.45) is 7.05 Å². The van der Waals surface area contributed by atoms with Crippen molar-refractivity contribution in [1.29, 1.82) is 0 Å². The summed E-state index contributed by atoms with van der Waals surface area (Å²) in [5, 5.41) is 9.79. The van der Waals surface area contributed by atoms with Crippen molar-refractivity contribution < 1.29 is 9.59 Å². The summed E-state index contributed by atoms with van der Waals surface area (Å²) in [6.45, 7) is 3.97. The minimum atomic E-state index is -0.308. The molecule has 27 heavy (non-hydrogen) atoms. The molecule has 0 saturated carbocycles. The first-order valence-corrected chi connectivity index (χ1v) is 9.46. The van der Waals surface area contributed by atoms with Gasteiger partial charge in [-0.1, -0.05) is 18.9 Å². The lowest BCUT2D eigenvalue weighted by molar-refractivity contribution is 0.0761. The summed E-state index contributed by atoms with van der Waals surface area (Å²) in [5.74, 6) is 0.0342. The lowest BCUT2D eigenvalue weighted by Crippen LogP contribution is -2.32. The second kappa shape index (κ2) is 8.70. The minimum Gasteiger partial charge on any atom is -0.339 e. The van der Waals surface area contributed by atoms with E-state index < -0.39 is 0 Å². The van der Waals surface area contributed by atoms with Crippen LogP contribution in [0.2, 0.25) is 0 Å². The van der Waals surface area contributed by atoms with Gasteiger partial charge >= 0.3 is 6.03 Å². The molecule has 2 heterocycles. The van der Waals surface area contributed by atoms with Gasteiger partial charge in [0.25, 0.3) is 5.91 Å². The molecule has 1 aliphatic rings. The lowest BCUT2D eigenvalue weighted by Gasteiger charge is -2.20. The zero-order chi connectivity index (χ0) is 19.2. The molecule has 144 valence electrons. The second-order valence-corrected chi connectivity index (χ2v) is 6.97. The fourth-order valence-electron chi connectivity index (χ4n) is 3.25. The van der Waals surface area contributed by atoms with Gasteiger partial charge in [-0.15, -0.1) is 0 Å². The van der Waals surface area contributed by atoms with E-state index in [2.05, 4.69) is 15.7 Å². The van der Waals surface area contributed by atoms with Crippen LogP contribution < -0.4 is 10.6 Å². The van der Waals surface area contributed by atoms with E-state index in [1.165, 1.54) is 12.8 Å². The molecule has 3 rings (SSSR count). The maximum Gasteiger partial charge on any atom is 0.319 e. The minimum absolute atomic E-state index is 0.0342. The van der Waals surface area contributed by atoms with Crippen molar-refractivity contribution in [3.8, 4) is 0 Å². The number of likely N-dealkylation sites (tertiary alicyclic amines) is 1. The SMILES string of the molecule is Cc1c(CNC(=O)Nc2cccc(C(=O)N3CCCCCC3)c2)cnn1C. The highest BCUT2D eigenvalue weighted by Gasteiger charge is 2.17. The van der Waals surface area contributed by atoms with Gasteiger partial charge in [0.15, 0.2) is 0 Å². The van der Waals surface area contributed by atoms with Gasteiger partial charge in [-0.25, -0.2) is 4.79 Å². The molecule has 1 aromatic carbocycles. The molecule has 0 aliphatic carbocycles. The Morgan fingerprint density at radius 3 is 2.56 bits per heavy atom. The number of aryl methyl sites for hydroxylation is 1. The summed E-state index contributed by atoms with van der Waals surface area (Å²) in [4.78, 5) is 26.8. The fraction of sp³-hybridized carbons (Fsp3) is 0.450. The first kappa shape index (κ1) is 18.9. The number of rotatable bonds is 4. The maximum atomic E-state index is 12.7. The molecule has 0 bridgehead atoms. The van der Waals surface area contributed by atoms with Gasteiger partial charge in [0.05, 0.1) is 6.20 Å². The van der Waals surface area contributed by atoms with Gasteiger partial charge in [-0.05, 0) is 38.0 Å². The van der Waals surface area contributed by atoms with Crippen LogP contribution in [0, 0.1) is 6.92 Å². The summed E-state index contributed by atoms with van der Waals surface area (Å²) in [7, 11) is 1.87. The molecule has 7 nitrogen and oxygen atoms in total. The number of hydrogen-bond acceptors (Lipinski definition) is 3. The van der Waals surface area contributed by atoms with E-state index in [4.69, 9.17) is 0 Å². The van der Waals surface area contributed by atoms with Crippen LogP contribution in [0.25, 0.3) is 0 Å². The first-order valence-electron chi connectivity index (χ1n) is 9.46. The van der Waals surface area contributed by atoms with E-state index in [1.807, 2.05) is 18.9 Å². The number of nitrogens with one attached hydrogen (secondary N) is 2. The van der Waals surface area contributed by atoms with Crippen LogP contribution >= 0.6 is 0 Å². The van der Waals surface area contributed by atoms with Crippen LogP contribution in [0.15, 0.2) is 30.5 Å². The van der Waals surface area contributed by atoms with Gasteiger partial charge in [-0.3, -0.25) is 9.48 Å². The van der Waals surface area contributed by atoms with Gasteiger partial charge in [0, 0.05) is 49.2 Å². The molecule has 2 aromatic rings. The number of urea groups is 1. The number of anilines is 1. The van der Waals surface area contributed by atoms with Crippen molar-refractivity contribution in [2.75, 3.05) is 18.4 Å².